The second kappa shape index (κ2) is 7.17. The van der Waals surface area contributed by atoms with Crippen LogP contribution in [0.3, 0.4) is 0 Å². The monoisotopic (exact) mass is 376 g/mol. The van der Waals surface area contributed by atoms with E-state index >= 15 is 0 Å². The SMILES string of the molecule is O=C1C(=O)N(Cc2ccccn2)C(c2cccs2)/C1=C(/O)c1ccccc1. The van der Waals surface area contributed by atoms with Crippen molar-refractivity contribution in [2.75, 3.05) is 0 Å². The molecule has 2 aromatic heterocycles. The normalized spacial score (nSPS) is 18.8. The minimum atomic E-state index is -0.675. The number of aliphatic hydroxyl groups is 1. The summed E-state index contributed by atoms with van der Waals surface area (Å²) in [4.78, 5) is 32.1. The number of ketones is 1. The molecular weight excluding hydrogens is 360 g/mol. The van der Waals surface area contributed by atoms with Crippen molar-refractivity contribution in [1.29, 1.82) is 0 Å². The van der Waals surface area contributed by atoms with Gasteiger partial charge in [0.1, 0.15) is 11.8 Å². The summed E-state index contributed by atoms with van der Waals surface area (Å²) in [5.41, 5.74) is 1.31. The molecule has 134 valence electrons. The maximum Gasteiger partial charge on any atom is 0.296 e. The van der Waals surface area contributed by atoms with Crippen molar-refractivity contribution in [2.45, 2.75) is 12.6 Å². The van der Waals surface area contributed by atoms with Gasteiger partial charge in [-0.25, -0.2) is 0 Å². The Labute approximate surface area is 160 Å². The van der Waals surface area contributed by atoms with E-state index in [0.29, 0.717) is 11.3 Å². The lowest BCUT2D eigenvalue weighted by Crippen LogP contribution is -2.29. The van der Waals surface area contributed by atoms with E-state index in [1.165, 1.54) is 16.2 Å². The molecule has 1 atom stereocenters. The fourth-order valence-corrected chi connectivity index (χ4v) is 4.05. The van der Waals surface area contributed by atoms with Crippen molar-refractivity contribution in [2.24, 2.45) is 0 Å². The number of Topliss-reactive ketones (excluding diaryl/α,β-unsaturated/α-hetero) is 1. The molecule has 1 fully saturated rings. The van der Waals surface area contributed by atoms with Gasteiger partial charge in [0.25, 0.3) is 11.7 Å². The summed E-state index contributed by atoms with van der Waals surface area (Å²) in [6.45, 7) is 0.194. The number of carbonyl (C=O) groups excluding carboxylic acids is 2. The zero-order valence-electron chi connectivity index (χ0n) is 14.3. The van der Waals surface area contributed by atoms with Gasteiger partial charge in [0.2, 0.25) is 0 Å². The van der Waals surface area contributed by atoms with Gasteiger partial charge in [-0.05, 0) is 23.6 Å². The van der Waals surface area contributed by atoms with Crippen LogP contribution < -0.4 is 0 Å². The Morgan fingerprint density at radius 3 is 2.48 bits per heavy atom. The minimum absolute atomic E-state index is 0.115. The summed E-state index contributed by atoms with van der Waals surface area (Å²) in [7, 11) is 0. The number of benzene rings is 1. The molecule has 1 saturated heterocycles. The molecule has 3 heterocycles. The number of likely N-dealkylation sites (tertiary alicyclic amines) is 1. The highest BCUT2D eigenvalue weighted by molar-refractivity contribution is 7.10. The maximum absolute atomic E-state index is 12.8. The molecule has 0 spiro atoms. The molecule has 4 rings (SSSR count). The third-order valence-electron chi connectivity index (χ3n) is 4.46. The van der Waals surface area contributed by atoms with Crippen LogP contribution in [0, 0.1) is 0 Å². The molecule has 0 saturated carbocycles. The van der Waals surface area contributed by atoms with Gasteiger partial charge in [-0.2, -0.15) is 0 Å². The number of aromatic nitrogens is 1. The predicted molar refractivity (Wildman–Crippen MR) is 103 cm³/mol. The number of rotatable bonds is 4. The van der Waals surface area contributed by atoms with Gasteiger partial charge in [0, 0.05) is 16.6 Å². The molecular formula is C21H16N2O3S. The minimum Gasteiger partial charge on any atom is -0.507 e. The van der Waals surface area contributed by atoms with Crippen LogP contribution in [0.5, 0.6) is 0 Å². The number of amides is 1. The highest BCUT2D eigenvalue weighted by Crippen LogP contribution is 2.41. The van der Waals surface area contributed by atoms with Crippen molar-refractivity contribution in [3.05, 3.63) is 93.9 Å². The first-order valence-electron chi connectivity index (χ1n) is 8.44. The molecule has 1 N–H and O–H groups in total. The molecule has 6 heteroatoms. The summed E-state index contributed by atoms with van der Waals surface area (Å²) in [6.07, 6.45) is 1.65. The van der Waals surface area contributed by atoms with Gasteiger partial charge in [0.15, 0.2) is 0 Å². The Balaban J connectivity index is 1.83. The van der Waals surface area contributed by atoms with Crippen LogP contribution in [0.2, 0.25) is 0 Å². The maximum atomic E-state index is 12.8. The van der Waals surface area contributed by atoms with Crippen molar-refractivity contribution in [3.8, 4) is 0 Å². The second-order valence-corrected chi connectivity index (χ2v) is 7.11. The Hall–Kier alpha value is -3.25. The van der Waals surface area contributed by atoms with Gasteiger partial charge in [0.05, 0.1) is 17.8 Å². The van der Waals surface area contributed by atoms with Crippen molar-refractivity contribution in [1.82, 2.24) is 9.88 Å². The van der Waals surface area contributed by atoms with Crippen LogP contribution in [0.25, 0.3) is 5.76 Å². The van der Waals surface area contributed by atoms with Gasteiger partial charge in [-0.3, -0.25) is 14.6 Å². The molecule has 1 amide bonds. The highest BCUT2D eigenvalue weighted by atomic mass is 32.1. The standard InChI is InChI=1S/C21H16N2O3S/c24-19(14-7-2-1-3-8-14)17-18(16-10-6-12-27-16)23(21(26)20(17)25)13-15-9-4-5-11-22-15/h1-12,18,24H,13H2/b19-17-. The largest absolute Gasteiger partial charge is 0.507 e. The Morgan fingerprint density at radius 1 is 1.04 bits per heavy atom. The zero-order chi connectivity index (χ0) is 18.8. The topological polar surface area (TPSA) is 70.5 Å². The third kappa shape index (κ3) is 3.15. The van der Waals surface area contributed by atoms with Crippen LogP contribution in [-0.4, -0.2) is 26.7 Å². The Morgan fingerprint density at radius 2 is 1.81 bits per heavy atom. The smallest absolute Gasteiger partial charge is 0.296 e. The average molecular weight is 376 g/mol. The summed E-state index contributed by atoms with van der Waals surface area (Å²) >= 11 is 1.44. The molecule has 27 heavy (non-hydrogen) atoms. The van der Waals surface area contributed by atoms with Gasteiger partial charge in [-0.1, -0.05) is 42.5 Å². The van der Waals surface area contributed by atoms with Crippen LogP contribution in [0.1, 0.15) is 22.2 Å². The molecule has 3 aromatic rings. The van der Waals surface area contributed by atoms with Crippen LogP contribution in [-0.2, 0) is 16.1 Å². The van der Waals surface area contributed by atoms with E-state index in [-0.39, 0.29) is 17.9 Å². The summed E-state index contributed by atoms with van der Waals surface area (Å²) in [6, 6.07) is 17.3. The molecule has 0 radical (unpaired) electrons. The zero-order valence-corrected chi connectivity index (χ0v) is 15.1. The Kier molecular flexibility index (Phi) is 4.56. The first-order valence-corrected chi connectivity index (χ1v) is 9.32. The first kappa shape index (κ1) is 17.2. The fraction of sp³-hybridized carbons (Fsp3) is 0.0952. The molecule has 5 nitrogen and oxygen atoms in total. The average Bonchev–Trinajstić information content (AvgIpc) is 3.32. The summed E-state index contributed by atoms with van der Waals surface area (Å²) in [5.74, 6) is -1.46. The lowest BCUT2D eigenvalue weighted by molar-refractivity contribution is -0.140. The molecule has 0 bridgehead atoms. The summed E-state index contributed by atoms with van der Waals surface area (Å²) < 4.78 is 0. The quantitative estimate of drug-likeness (QED) is 0.428. The molecule has 1 unspecified atom stereocenters. The number of carbonyl (C=O) groups is 2. The number of nitrogens with zero attached hydrogens (tertiary/aromatic N) is 2. The molecule has 1 aromatic carbocycles. The van der Waals surface area contributed by atoms with E-state index in [2.05, 4.69) is 4.98 Å². The number of hydrogen-bond acceptors (Lipinski definition) is 5. The second-order valence-electron chi connectivity index (χ2n) is 6.13. The third-order valence-corrected chi connectivity index (χ3v) is 5.38. The highest BCUT2D eigenvalue weighted by Gasteiger charge is 2.46. The van der Waals surface area contributed by atoms with Crippen LogP contribution in [0.15, 0.2) is 77.8 Å². The summed E-state index contributed by atoms with van der Waals surface area (Å²) in [5, 5.41) is 12.7. The van der Waals surface area contributed by atoms with E-state index in [1.807, 2.05) is 35.7 Å². The van der Waals surface area contributed by atoms with E-state index in [9.17, 15) is 14.7 Å². The van der Waals surface area contributed by atoms with Crippen molar-refractivity contribution < 1.29 is 14.7 Å². The van der Waals surface area contributed by atoms with E-state index in [4.69, 9.17) is 0 Å². The van der Waals surface area contributed by atoms with Gasteiger partial charge in [-0.15, -0.1) is 11.3 Å². The van der Waals surface area contributed by atoms with Crippen LogP contribution in [0.4, 0.5) is 0 Å². The van der Waals surface area contributed by atoms with Gasteiger partial charge >= 0.3 is 0 Å². The fourth-order valence-electron chi connectivity index (χ4n) is 3.20. The van der Waals surface area contributed by atoms with Gasteiger partial charge < -0.3 is 10.0 Å². The lowest BCUT2D eigenvalue weighted by Gasteiger charge is -2.23. The molecule has 0 aliphatic carbocycles. The predicted octanol–water partition coefficient (Wildman–Crippen LogP) is 3.77. The molecule has 1 aliphatic heterocycles. The van der Waals surface area contributed by atoms with E-state index in [1.54, 1.807) is 36.5 Å². The Bertz CT molecular complexity index is 998. The number of hydrogen-bond donors (Lipinski definition) is 1. The number of aliphatic hydroxyl groups excluding tert-OH is 1. The number of pyridine rings is 1. The lowest BCUT2D eigenvalue weighted by atomic mass is 10.00. The number of thiophene rings is 1. The molecule has 1 aliphatic rings. The van der Waals surface area contributed by atoms with E-state index in [0.717, 1.165) is 4.88 Å². The first-order chi connectivity index (χ1) is 13.2. The van der Waals surface area contributed by atoms with Crippen LogP contribution >= 0.6 is 11.3 Å². The van der Waals surface area contributed by atoms with E-state index < -0.39 is 17.7 Å². The van der Waals surface area contributed by atoms with Crippen molar-refractivity contribution >= 4 is 28.8 Å². The van der Waals surface area contributed by atoms with Crippen molar-refractivity contribution in [3.63, 3.8) is 0 Å².